The van der Waals surface area contributed by atoms with E-state index in [4.69, 9.17) is 4.74 Å². The molecule has 1 aliphatic carbocycles. The van der Waals surface area contributed by atoms with Gasteiger partial charge in [-0.15, -0.1) is 0 Å². The highest BCUT2D eigenvalue weighted by Crippen LogP contribution is 2.31. The van der Waals surface area contributed by atoms with Crippen LogP contribution in [-0.4, -0.2) is 50.3 Å². The number of carbonyl (C=O) groups excluding carboxylic acids is 2. The molecule has 1 amide bonds. The van der Waals surface area contributed by atoms with Gasteiger partial charge < -0.3 is 19.7 Å². The number of nitrogens with one attached hydrogen (secondary N) is 1. The van der Waals surface area contributed by atoms with E-state index in [1.807, 2.05) is 16.7 Å². The van der Waals surface area contributed by atoms with Crippen LogP contribution in [0.4, 0.5) is 0 Å². The fraction of sp³-hybridized carbons (Fsp3) is 0.344. The van der Waals surface area contributed by atoms with Crippen LogP contribution in [0.3, 0.4) is 0 Å². The van der Waals surface area contributed by atoms with Crippen LogP contribution in [0.15, 0.2) is 59.7 Å². The first kappa shape index (κ1) is 28.8. The van der Waals surface area contributed by atoms with Gasteiger partial charge in [-0.1, -0.05) is 25.3 Å². The van der Waals surface area contributed by atoms with Crippen molar-refractivity contribution in [3.05, 3.63) is 87.5 Å². The number of nitrogens with zero attached hydrogens (tertiary/aromatic N) is 3. The monoisotopic (exact) mass is 570 g/mol. The second kappa shape index (κ2) is 12.0. The highest BCUT2D eigenvalue weighted by Gasteiger charge is 2.23. The fourth-order valence-electron chi connectivity index (χ4n) is 5.65. The van der Waals surface area contributed by atoms with Crippen molar-refractivity contribution in [2.75, 3.05) is 7.11 Å². The Morgan fingerprint density at radius 3 is 2.45 bits per heavy atom. The van der Waals surface area contributed by atoms with Crippen LogP contribution >= 0.6 is 0 Å². The number of carboxylic acid groups (broad SMARTS) is 1. The van der Waals surface area contributed by atoms with Gasteiger partial charge in [0.25, 0.3) is 5.91 Å². The van der Waals surface area contributed by atoms with Crippen molar-refractivity contribution in [1.82, 2.24) is 19.7 Å². The van der Waals surface area contributed by atoms with Gasteiger partial charge in [-0.25, -0.2) is 9.48 Å². The van der Waals surface area contributed by atoms with E-state index in [0.29, 0.717) is 28.1 Å². The molecule has 0 unspecified atom stereocenters. The Bertz CT molecular complexity index is 1710. The summed E-state index contributed by atoms with van der Waals surface area (Å²) in [6, 6.07) is 11.8. The molecule has 10 nitrogen and oxygen atoms in total. The van der Waals surface area contributed by atoms with Gasteiger partial charge in [-0.3, -0.25) is 14.4 Å². The molecule has 1 atom stereocenters. The largest absolute Gasteiger partial charge is 0.497 e. The number of hydrogen-bond donors (Lipinski definition) is 2. The lowest BCUT2D eigenvalue weighted by molar-refractivity contribution is -0.119. The van der Waals surface area contributed by atoms with Crippen LogP contribution in [0.2, 0.25) is 0 Å². The number of Topliss-reactive ketones (excluding diaryl/α,β-unsaturated/α-hetero) is 1. The molecule has 2 N–H and O–H groups in total. The van der Waals surface area contributed by atoms with Crippen molar-refractivity contribution in [3.8, 4) is 11.4 Å². The Labute approximate surface area is 242 Å². The van der Waals surface area contributed by atoms with E-state index < -0.39 is 23.3 Å². The van der Waals surface area contributed by atoms with E-state index in [2.05, 4.69) is 10.4 Å². The van der Waals surface area contributed by atoms with Crippen LogP contribution in [0.5, 0.6) is 5.75 Å². The summed E-state index contributed by atoms with van der Waals surface area (Å²) in [7, 11) is 1.59. The van der Waals surface area contributed by atoms with E-state index in [9.17, 15) is 24.3 Å². The van der Waals surface area contributed by atoms with Crippen molar-refractivity contribution in [2.24, 2.45) is 0 Å². The number of benzene rings is 2. The number of aromatic nitrogens is 3. The average molecular weight is 571 g/mol. The first-order valence-electron chi connectivity index (χ1n) is 14.1. The quantitative estimate of drug-likeness (QED) is 0.300. The molecule has 4 aromatic rings. The summed E-state index contributed by atoms with van der Waals surface area (Å²) in [6.07, 6.45) is 8.00. The Morgan fingerprint density at radius 1 is 1.07 bits per heavy atom. The molecule has 2 heterocycles. The number of hydrogen-bond acceptors (Lipinski definition) is 6. The lowest BCUT2D eigenvalue weighted by Gasteiger charge is -2.26. The van der Waals surface area contributed by atoms with E-state index in [1.165, 1.54) is 12.4 Å². The molecule has 2 aromatic carbocycles. The first-order valence-corrected chi connectivity index (χ1v) is 14.1. The minimum atomic E-state index is -1.27. The predicted octanol–water partition coefficient (Wildman–Crippen LogP) is 4.64. The van der Waals surface area contributed by atoms with Crippen molar-refractivity contribution in [2.45, 2.75) is 64.5 Å². The summed E-state index contributed by atoms with van der Waals surface area (Å²) < 4.78 is 8.75. The van der Waals surface area contributed by atoms with E-state index >= 15 is 0 Å². The van der Waals surface area contributed by atoms with Gasteiger partial charge in [0, 0.05) is 24.0 Å². The zero-order valence-electron chi connectivity index (χ0n) is 23.9. The summed E-state index contributed by atoms with van der Waals surface area (Å²) in [6.45, 7) is 3.39. The van der Waals surface area contributed by atoms with Crippen LogP contribution in [0, 0.1) is 6.92 Å². The van der Waals surface area contributed by atoms with Crippen LogP contribution < -0.4 is 15.5 Å². The molecule has 0 radical (unpaired) electrons. The topological polar surface area (TPSA) is 133 Å². The highest BCUT2D eigenvalue weighted by molar-refractivity contribution is 5.99. The smallest absolute Gasteiger partial charge is 0.341 e. The third-order valence-corrected chi connectivity index (χ3v) is 8.08. The molecule has 0 saturated heterocycles. The molecular formula is C32H34N4O6. The molecule has 0 spiro atoms. The Balaban J connectivity index is 1.33. The van der Waals surface area contributed by atoms with Gasteiger partial charge in [-0.05, 0) is 68.7 Å². The Morgan fingerprint density at radius 2 is 1.79 bits per heavy atom. The Kier molecular flexibility index (Phi) is 8.24. The highest BCUT2D eigenvalue weighted by atomic mass is 16.5. The van der Waals surface area contributed by atoms with E-state index in [0.717, 1.165) is 37.8 Å². The third kappa shape index (κ3) is 5.70. The number of amides is 1. The standard InChI is InChI=1S/C32H34N4O6/c1-19(34-31(39)26-17-33-36(20(26)2)23-10-12-24(42-3)13-11-23)29(37)16-21-9-14-28-25(15-21)30(38)27(32(40)41)18-35(28)22-7-5-4-6-8-22/h9-15,17-19,22H,4-8,16H2,1-3H3,(H,34,39)(H,40,41)/t19-/m0/s1. The summed E-state index contributed by atoms with van der Waals surface area (Å²) in [5.74, 6) is -1.23. The fourth-order valence-corrected chi connectivity index (χ4v) is 5.65. The molecule has 218 valence electrons. The van der Waals surface area contributed by atoms with E-state index in [1.54, 1.807) is 56.0 Å². The van der Waals surface area contributed by atoms with Gasteiger partial charge >= 0.3 is 5.97 Å². The van der Waals surface area contributed by atoms with Crippen LogP contribution in [-0.2, 0) is 11.2 Å². The Hall–Kier alpha value is -4.73. The second-order valence-electron chi connectivity index (χ2n) is 10.8. The van der Waals surface area contributed by atoms with Gasteiger partial charge in [0.1, 0.15) is 11.3 Å². The van der Waals surface area contributed by atoms with Gasteiger partial charge in [0.2, 0.25) is 5.43 Å². The van der Waals surface area contributed by atoms with Crippen molar-refractivity contribution in [3.63, 3.8) is 0 Å². The first-order chi connectivity index (χ1) is 20.2. The zero-order chi connectivity index (χ0) is 30.0. The molecule has 42 heavy (non-hydrogen) atoms. The average Bonchev–Trinajstić information content (AvgIpc) is 3.39. The number of ether oxygens (including phenoxy) is 1. The van der Waals surface area contributed by atoms with E-state index in [-0.39, 0.29) is 29.2 Å². The number of aromatic carboxylic acids is 1. The normalized spacial score (nSPS) is 14.5. The third-order valence-electron chi connectivity index (χ3n) is 8.08. The lowest BCUT2D eigenvalue weighted by atomic mass is 9.94. The SMILES string of the molecule is COc1ccc(-n2ncc(C(=O)N[C@@H](C)C(=O)Cc3ccc4c(c3)c(=O)c(C(=O)O)cn4C3CCCCC3)c2C)cc1. The predicted molar refractivity (Wildman–Crippen MR) is 158 cm³/mol. The molecule has 0 aliphatic heterocycles. The minimum absolute atomic E-state index is 0.0261. The maximum Gasteiger partial charge on any atom is 0.341 e. The zero-order valence-corrected chi connectivity index (χ0v) is 23.9. The molecule has 0 bridgehead atoms. The molecule has 1 fully saturated rings. The number of pyridine rings is 1. The summed E-state index contributed by atoms with van der Waals surface area (Å²) in [4.78, 5) is 51.2. The number of methoxy groups -OCH3 is 1. The molecule has 2 aromatic heterocycles. The summed E-state index contributed by atoms with van der Waals surface area (Å²) >= 11 is 0. The number of fused-ring (bicyclic) bond motifs is 1. The molecule has 10 heteroatoms. The maximum atomic E-state index is 13.1. The number of carboxylic acids is 1. The van der Waals surface area contributed by atoms with Gasteiger partial charge in [-0.2, -0.15) is 5.10 Å². The maximum absolute atomic E-state index is 13.1. The number of carbonyl (C=O) groups is 3. The number of rotatable bonds is 9. The van der Waals surface area contributed by atoms with Crippen molar-refractivity contribution < 1.29 is 24.2 Å². The van der Waals surface area contributed by atoms with Gasteiger partial charge in [0.05, 0.1) is 41.8 Å². The molecule has 1 aliphatic rings. The van der Waals surface area contributed by atoms with Crippen molar-refractivity contribution in [1.29, 1.82) is 0 Å². The molecular weight excluding hydrogens is 536 g/mol. The van der Waals surface area contributed by atoms with Gasteiger partial charge in [0.15, 0.2) is 5.78 Å². The van der Waals surface area contributed by atoms with Crippen molar-refractivity contribution >= 4 is 28.6 Å². The lowest BCUT2D eigenvalue weighted by Crippen LogP contribution is -2.39. The number of ketones is 1. The second-order valence-corrected chi connectivity index (χ2v) is 10.8. The summed E-state index contributed by atoms with van der Waals surface area (Å²) in [5, 5.41) is 17.1. The summed E-state index contributed by atoms with van der Waals surface area (Å²) in [5.41, 5.74) is 2.13. The molecule has 1 saturated carbocycles. The van der Waals surface area contributed by atoms with Crippen LogP contribution in [0.1, 0.15) is 77.0 Å². The minimum Gasteiger partial charge on any atom is -0.497 e. The molecule has 5 rings (SSSR count). The van der Waals surface area contributed by atoms with Crippen LogP contribution in [0.25, 0.3) is 16.6 Å².